The van der Waals surface area contributed by atoms with E-state index < -0.39 is 0 Å². The van der Waals surface area contributed by atoms with Gasteiger partial charge in [0.05, 0.1) is 6.61 Å². The maximum absolute atomic E-state index is 5.70. The van der Waals surface area contributed by atoms with Crippen LogP contribution in [0.1, 0.15) is 12.6 Å². The summed E-state index contributed by atoms with van der Waals surface area (Å²) in [6, 6.07) is 16.5. The van der Waals surface area contributed by atoms with E-state index in [-0.39, 0.29) is 0 Å². The number of pyridine rings is 1. The van der Waals surface area contributed by atoms with Gasteiger partial charge in [0.25, 0.3) is 0 Å². The van der Waals surface area contributed by atoms with Crippen molar-refractivity contribution in [3.8, 4) is 16.9 Å². The van der Waals surface area contributed by atoms with Crippen LogP contribution in [0.4, 0.5) is 5.82 Å². The topological polar surface area (TPSA) is 60.2 Å². The molecule has 4 nitrogen and oxygen atoms in total. The minimum Gasteiger partial charge on any atom is -0.494 e. The largest absolute Gasteiger partial charge is 0.494 e. The van der Waals surface area contributed by atoms with E-state index in [0.29, 0.717) is 19.7 Å². The third-order valence-electron chi connectivity index (χ3n) is 3.97. The van der Waals surface area contributed by atoms with Gasteiger partial charge in [-0.1, -0.05) is 30.3 Å². The lowest BCUT2D eigenvalue weighted by molar-refractivity contribution is 0.341. The van der Waals surface area contributed by atoms with Crippen molar-refractivity contribution in [2.75, 3.05) is 25.0 Å². The average Bonchev–Trinajstić information content (AvgIpc) is 2.60. The number of rotatable bonds is 6. The molecule has 4 heteroatoms. The van der Waals surface area contributed by atoms with Crippen LogP contribution in [0.5, 0.6) is 5.75 Å². The van der Waals surface area contributed by atoms with E-state index in [2.05, 4.69) is 29.6 Å². The predicted molar refractivity (Wildman–Crippen MR) is 101 cm³/mol. The van der Waals surface area contributed by atoms with Crippen molar-refractivity contribution in [2.24, 2.45) is 5.73 Å². The molecule has 0 saturated heterocycles. The molecule has 0 aliphatic carbocycles. The molecule has 0 saturated carbocycles. The highest BCUT2D eigenvalue weighted by Gasteiger charge is 2.14. The number of nitrogens with zero attached hydrogens (tertiary/aromatic N) is 1. The highest BCUT2D eigenvalue weighted by atomic mass is 16.5. The average molecular weight is 321 g/mol. The lowest BCUT2D eigenvalue weighted by Crippen LogP contribution is -2.14. The highest BCUT2D eigenvalue weighted by Crippen LogP contribution is 2.36. The van der Waals surface area contributed by atoms with Crippen molar-refractivity contribution < 1.29 is 4.74 Å². The highest BCUT2D eigenvalue weighted by molar-refractivity contribution is 6.03. The first-order chi connectivity index (χ1) is 11.7. The number of nitrogens with two attached hydrogens (primary N) is 1. The van der Waals surface area contributed by atoms with Crippen molar-refractivity contribution in [2.45, 2.75) is 13.8 Å². The molecule has 3 N–H and O–H groups in total. The molecule has 2 aromatic carbocycles. The maximum Gasteiger partial charge on any atom is 0.134 e. The van der Waals surface area contributed by atoms with E-state index >= 15 is 0 Å². The lowest BCUT2D eigenvalue weighted by atomic mass is 9.97. The van der Waals surface area contributed by atoms with Crippen LogP contribution in [0, 0.1) is 6.92 Å². The third kappa shape index (κ3) is 3.19. The first-order valence-corrected chi connectivity index (χ1v) is 8.31. The number of hydrogen-bond acceptors (Lipinski definition) is 4. The van der Waals surface area contributed by atoms with Crippen molar-refractivity contribution in [3.05, 3.63) is 54.2 Å². The first kappa shape index (κ1) is 16.3. The maximum atomic E-state index is 5.70. The van der Waals surface area contributed by atoms with Crippen molar-refractivity contribution in [1.82, 2.24) is 4.98 Å². The zero-order valence-corrected chi connectivity index (χ0v) is 14.2. The van der Waals surface area contributed by atoms with Crippen LogP contribution in [0.15, 0.2) is 48.5 Å². The fourth-order valence-corrected chi connectivity index (χ4v) is 2.97. The molecule has 3 rings (SSSR count). The summed E-state index contributed by atoms with van der Waals surface area (Å²) < 4.78 is 5.70. The third-order valence-corrected chi connectivity index (χ3v) is 3.97. The molecule has 124 valence electrons. The molecular formula is C20H23N3O. The van der Waals surface area contributed by atoms with Gasteiger partial charge in [-0.25, -0.2) is 4.98 Å². The molecule has 1 heterocycles. The quantitative estimate of drug-likeness (QED) is 0.721. The number of ether oxygens (including phenoxy) is 1. The molecule has 1 aromatic heterocycles. The number of aromatic nitrogens is 1. The van der Waals surface area contributed by atoms with Gasteiger partial charge < -0.3 is 15.8 Å². The molecule has 0 aliphatic heterocycles. The van der Waals surface area contributed by atoms with E-state index in [4.69, 9.17) is 15.5 Å². The van der Waals surface area contributed by atoms with Crippen LogP contribution in [-0.2, 0) is 0 Å². The Balaban J connectivity index is 2.25. The number of nitrogens with one attached hydrogen (secondary N) is 1. The number of hydrogen-bond donors (Lipinski definition) is 2. The Bertz CT molecular complexity index is 831. The van der Waals surface area contributed by atoms with Gasteiger partial charge in [-0.2, -0.15) is 0 Å². The van der Waals surface area contributed by atoms with Crippen LogP contribution >= 0.6 is 0 Å². The van der Waals surface area contributed by atoms with Gasteiger partial charge in [-0.05, 0) is 43.0 Å². The Morgan fingerprint density at radius 1 is 1.08 bits per heavy atom. The molecule has 0 aliphatic rings. The summed E-state index contributed by atoms with van der Waals surface area (Å²) in [5.74, 6) is 1.74. The van der Waals surface area contributed by atoms with Gasteiger partial charge in [0, 0.05) is 29.7 Å². The van der Waals surface area contributed by atoms with Gasteiger partial charge >= 0.3 is 0 Å². The Kier molecular flexibility index (Phi) is 4.96. The van der Waals surface area contributed by atoms with E-state index in [0.717, 1.165) is 39.2 Å². The van der Waals surface area contributed by atoms with Gasteiger partial charge in [0.2, 0.25) is 0 Å². The number of fused-ring (bicyclic) bond motifs is 1. The van der Waals surface area contributed by atoms with Gasteiger partial charge in [-0.3, -0.25) is 0 Å². The van der Waals surface area contributed by atoms with Crippen LogP contribution < -0.4 is 15.8 Å². The van der Waals surface area contributed by atoms with E-state index in [9.17, 15) is 0 Å². The summed E-state index contributed by atoms with van der Waals surface area (Å²) >= 11 is 0. The summed E-state index contributed by atoms with van der Waals surface area (Å²) in [7, 11) is 0. The summed E-state index contributed by atoms with van der Waals surface area (Å²) in [5, 5.41) is 5.55. The molecule has 0 fully saturated rings. The fraction of sp³-hybridized carbons (Fsp3) is 0.250. The summed E-state index contributed by atoms with van der Waals surface area (Å²) in [4.78, 5) is 4.78. The second-order valence-corrected chi connectivity index (χ2v) is 5.64. The van der Waals surface area contributed by atoms with Crippen LogP contribution in [-0.4, -0.2) is 24.7 Å². The smallest absolute Gasteiger partial charge is 0.134 e. The Hall–Kier alpha value is -2.59. The van der Waals surface area contributed by atoms with Gasteiger partial charge in [0.15, 0.2) is 0 Å². The second-order valence-electron chi connectivity index (χ2n) is 5.64. The van der Waals surface area contributed by atoms with Crippen molar-refractivity contribution >= 4 is 16.6 Å². The molecule has 3 aromatic rings. The fourth-order valence-electron chi connectivity index (χ4n) is 2.97. The summed E-state index contributed by atoms with van der Waals surface area (Å²) in [5.41, 5.74) is 8.92. The molecule has 0 bridgehead atoms. The van der Waals surface area contributed by atoms with Gasteiger partial charge in [0.1, 0.15) is 11.6 Å². The minimum absolute atomic E-state index is 0.569. The Labute approximate surface area is 142 Å². The molecule has 0 unspecified atom stereocenters. The Morgan fingerprint density at radius 3 is 2.58 bits per heavy atom. The second kappa shape index (κ2) is 7.32. The monoisotopic (exact) mass is 321 g/mol. The number of anilines is 1. The zero-order chi connectivity index (χ0) is 16.9. The molecule has 24 heavy (non-hydrogen) atoms. The van der Waals surface area contributed by atoms with E-state index in [1.807, 2.05) is 38.1 Å². The predicted octanol–water partition coefficient (Wildman–Crippen LogP) is 3.98. The zero-order valence-electron chi connectivity index (χ0n) is 14.2. The molecule has 0 atom stereocenters. The molecule has 0 radical (unpaired) electrons. The Morgan fingerprint density at radius 2 is 1.88 bits per heavy atom. The number of benzene rings is 2. The summed E-state index contributed by atoms with van der Waals surface area (Å²) in [6.07, 6.45) is 0. The minimum atomic E-state index is 0.569. The molecule has 0 amide bonds. The lowest BCUT2D eigenvalue weighted by Gasteiger charge is -2.16. The van der Waals surface area contributed by atoms with Crippen LogP contribution in [0.3, 0.4) is 0 Å². The molecular weight excluding hydrogens is 298 g/mol. The van der Waals surface area contributed by atoms with Crippen LogP contribution in [0.2, 0.25) is 0 Å². The first-order valence-electron chi connectivity index (χ1n) is 8.31. The van der Waals surface area contributed by atoms with Crippen molar-refractivity contribution in [1.29, 1.82) is 0 Å². The van der Waals surface area contributed by atoms with E-state index in [1.165, 1.54) is 0 Å². The SMILES string of the molecule is CCOc1ccc2c(NCCN)nc(C)c(-c3ccccc3)c2c1. The van der Waals surface area contributed by atoms with Gasteiger partial charge in [-0.15, -0.1) is 0 Å². The van der Waals surface area contributed by atoms with Crippen LogP contribution in [0.25, 0.3) is 21.9 Å². The normalized spacial score (nSPS) is 10.8. The van der Waals surface area contributed by atoms with Crippen molar-refractivity contribution in [3.63, 3.8) is 0 Å². The summed E-state index contributed by atoms with van der Waals surface area (Å²) in [6.45, 7) is 5.95. The number of aryl methyl sites for hydroxylation is 1. The molecule has 0 spiro atoms. The standard InChI is InChI=1S/C20H23N3O/c1-3-24-16-9-10-17-18(13-16)19(15-7-5-4-6-8-15)14(2)23-20(17)22-12-11-21/h4-10,13H,3,11-12,21H2,1-2H3,(H,22,23). The van der Waals surface area contributed by atoms with E-state index in [1.54, 1.807) is 0 Å².